The topological polar surface area (TPSA) is 59.6 Å². The lowest BCUT2D eigenvalue weighted by molar-refractivity contribution is -0.124. The van der Waals surface area contributed by atoms with Gasteiger partial charge in [-0.2, -0.15) is 0 Å². The summed E-state index contributed by atoms with van der Waals surface area (Å²) in [5.74, 6) is 0.709. The maximum Gasteiger partial charge on any atom is 0.227 e. The fourth-order valence-corrected chi connectivity index (χ4v) is 2.74. The van der Waals surface area contributed by atoms with Crippen LogP contribution < -0.4 is 15.4 Å². The zero-order valence-corrected chi connectivity index (χ0v) is 14.1. The van der Waals surface area contributed by atoms with Crippen LogP contribution in [-0.4, -0.2) is 45.4 Å². The number of nitrogens with one attached hydrogen (secondary N) is 2. The van der Waals surface area contributed by atoms with Crippen molar-refractivity contribution in [2.24, 2.45) is 0 Å². The van der Waals surface area contributed by atoms with Crippen molar-refractivity contribution in [2.45, 2.75) is 31.4 Å². The lowest BCUT2D eigenvalue weighted by Crippen LogP contribution is -2.45. The van der Waals surface area contributed by atoms with Crippen molar-refractivity contribution in [2.75, 3.05) is 27.3 Å². The lowest BCUT2D eigenvalue weighted by atomic mass is 9.95. The average molecular weight is 329 g/mol. The summed E-state index contributed by atoms with van der Waals surface area (Å²) in [4.78, 5) is 12.5. The number of amides is 1. The van der Waals surface area contributed by atoms with E-state index in [9.17, 15) is 4.79 Å². The highest BCUT2D eigenvalue weighted by molar-refractivity contribution is 5.85. The second kappa shape index (κ2) is 8.98. The third-order valence-corrected chi connectivity index (χ3v) is 4.03. The van der Waals surface area contributed by atoms with Crippen molar-refractivity contribution >= 4 is 18.3 Å². The number of ether oxygens (including phenoxy) is 2. The summed E-state index contributed by atoms with van der Waals surface area (Å²) in [5.41, 5.74) is 1.01. The highest BCUT2D eigenvalue weighted by Gasteiger charge is 2.30. The van der Waals surface area contributed by atoms with Crippen molar-refractivity contribution < 1.29 is 14.3 Å². The zero-order chi connectivity index (χ0) is 15.2. The number of hydrogen-bond acceptors (Lipinski definition) is 4. The van der Waals surface area contributed by atoms with Gasteiger partial charge in [-0.05, 0) is 24.1 Å². The molecule has 0 aliphatic carbocycles. The number of methoxy groups -OCH3 is 2. The van der Waals surface area contributed by atoms with Crippen molar-refractivity contribution in [3.63, 3.8) is 0 Å². The van der Waals surface area contributed by atoms with Crippen LogP contribution in [0.1, 0.15) is 24.8 Å². The second-order valence-electron chi connectivity index (χ2n) is 5.28. The number of carbonyl (C=O) groups excluding carboxylic acids is 1. The summed E-state index contributed by atoms with van der Waals surface area (Å²) >= 11 is 0. The third kappa shape index (κ3) is 4.35. The maximum atomic E-state index is 12.5. The predicted octanol–water partition coefficient (Wildman–Crippen LogP) is 1.71. The predicted molar refractivity (Wildman–Crippen MR) is 88.9 cm³/mol. The molecule has 1 aromatic rings. The first-order chi connectivity index (χ1) is 10.2. The Hall–Kier alpha value is -1.30. The van der Waals surface area contributed by atoms with Gasteiger partial charge in [0.25, 0.3) is 0 Å². The molecular formula is C16H25ClN2O3. The van der Waals surface area contributed by atoms with Gasteiger partial charge in [0.05, 0.1) is 25.2 Å². The zero-order valence-electron chi connectivity index (χ0n) is 13.3. The van der Waals surface area contributed by atoms with Crippen molar-refractivity contribution in [1.29, 1.82) is 0 Å². The molecule has 2 rings (SSSR count). The number of halogens is 1. The second-order valence-corrected chi connectivity index (χ2v) is 5.28. The van der Waals surface area contributed by atoms with Crippen LogP contribution in [0.2, 0.25) is 0 Å². The summed E-state index contributed by atoms with van der Waals surface area (Å²) in [7, 11) is 3.31. The average Bonchev–Trinajstić information content (AvgIpc) is 2.96. The van der Waals surface area contributed by atoms with Gasteiger partial charge in [-0.1, -0.05) is 19.1 Å². The maximum absolute atomic E-state index is 12.5. The van der Waals surface area contributed by atoms with Crippen molar-refractivity contribution in [3.05, 3.63) is 29.8 Å². The summed E-state index contributed by atoms with van der Waals surface area (Å²) in [6.07, 6.45) is 0.804. The van der Waals surface area contributed by atoms with Crippen LogP contribution in [0.15, 0.2) is 24.3 Å². The van der Waals surface area contributed by atoms with Crippen LogP contribution in [0.4, 0.5) is 0 Å². The van der Waals surface area contributed by atoms with E-state index in [1.807, 2.05) is 31.2 Å². The molecule has 1 aliphatic rings. The largest absolute Gasteiger partial charge is 0.497 e. The minimum Gasteiger partial charge on any atom is -0.497 e. The Labute approximate surface area is 138 Å². The normalized spacial score (nSPS) is 21.8. The molecule has 0 radical (unpaired) electrons. The number of rotatable bonds is 6. The van der Waals surface area contributed by atoms with Crippen LogP contribution in [0, 0.1) is 0 Å². The quantitative estimate of drug-likeness (QED) is 0.834. The van der Waals surface area contributed by atoms with Crippen LogP contribution in [0.25, 0.3) is 0 Å². The molecule has 1 aromatic carbocycles. The lowest BCUT2D eigenvalue weighted by Gasteiger charge is -2.22. The van der Waals surface area contributed by atoms with E-state index in [0.29, 0.717) is 0 Å². The monoisotopic (exact) mass is 328 g/mol. The molecule has 2 unspecified atom stereocenters. The molecular weight excluding hydrogens is 304 g/mol. The Morgan fingerprint density at radius 2 is 2.00 bits per heavy atom. The smallest absolute Gasteiger partial charge is 0.227 e. The Balaban J connectivity index is 0.00000242. The van der Waals surface area contributed by atoms with Crippen LogP contribution >= 0.6 is 12.4 Å². The Morgan fingerprint density at radius 3 is 2.55 bits per heavy atom. The first kappa shape index (κ1) is 18.7. The fourth-order valence-electron chi connectivity index (χ4n) is 2.74. The van der Waals surface area contributed by atoms with E-state index < -0.39 is 0 Å². The highest BCUT2D eigenvalue weighted by Crippen LogP contribution is 2.23. The Kier molecular flexibility index (Phi) is 7.65. The van der Waals surface area contributed by atoms with Gasteiger partial charge in [0.2, 0.25) is 5.91 Å². The van der Waals surface area contributed by atoms with Gasteiger partial charge < -0.3 is 20.1 Å². The molecule has 0 spiro atoms. The van der Waals surface area contributed by atoms with Gasteiger partial charge in [-0.3, -0.25) is 4.79 Å². The summed E-state index contributed by atoms with van der Waals surface area (Å²) in [6.45, 7) is 3.55. The summed E-state index contributed by atoms with van der Waals surface area (Å²) in [5, 5.41) is 6.33. The Morgan fingerprint density at radius 1 is 1.32 bits per heavy atom. The van der Waals surface area contributed by atoms with E-state index in [1.54, 1.807) is 14.2 Å². The van der Waals surface area contributed by atoms with E-state index in [2.05, 4.69) is 10.6 Å². The molecule has 5 nitrogen and oxygen atoms in total. The molecule has 22 heavy (non-hydrogen) atoms. The molecule has 6 heteroatoms. The van der Waals surface area contributed by atoms with Crippen LogP contribution in [0.3, 0.4) is 0 Å². The number of carbonyl (C=O) groups is 1. The highest BCUT2D eigenvalue weighted by atomic mass is 35.5. The first-order valence-corrected chi connectivity index (χ1v) is 7.37. The molecule has 1 aliphatic heterocycles. The van der Waals surface area contributed by atoms with Gasteiger partial charge in [0.1, 0.15) is 5.75 Å². The number of hydrogen-bond donors (Lipinski definition) is 2. The van der Waals surface area contributed by atoms with Crippen LogP contribution in [0.5, 0.6) is 5.75 Å². The minimum absolute atomic E-state index is 0. The molecule has 1 saturated heterocycles. The summed E-state index contributed by atoms with van der Waals surface area (Å²) in [6, 6.07) is 7.72. The third-order valence-electron chi connectivity index (χ3n) is 4.03. The molecule has 2 N–H and O–H groups in total. The molecule has 124 valence electrons. The number of benzene rings is 1. The van der Waals surface area contributed by atoms with Crippen LogP contribution in [-0.2, 0) is 9.53 Å². The van der Waals surface area contributed by atoms with Gasteiger partial charge in [-0.25, -0.2) is 0 Å². The van der Waals surface area contributed by atoms with Crippen molar-refractivity contribution in [1.82, 2.24) is 10.6 Å². The van der Waals surface area contributed by atoms with E-state index in [0.717, 1.165) is 30.8 Å². The van der Waals surface area contributed by atoms with E-state index in [-0.39, 0.29) is 36.4 Å². The molecule has 1 fully saturated rings. The summed E-state index contributed by atoms with van der Waals surface area (Å²) < 4.78 is 10.5. The standard InChI is InChI=1S/C16H24N2O3.ClH/c1-4-13(11-5-7-12(20-2)8-6-11)16(19)18-14-9-17-10-15(14)21-3;/h5-8,13-15,17H,4,9-10H2,1-3H3,(H,18,19);1H/t13?,14?,15-;/m0./s1. The van der Waals surface area contributed by atoms with E-state index in [1.165, 1.54) is 0 Å². The minimum atomic E-state index is -0.144. The molecule has 3 atom stereocenters. The molecule has 1 heterocycles. The van der Waals surface area contributed by atoms with E-state index in [4.69, 9.17) is 9.47 Å². The van der Waals surface area contributed by atoms with E-state index >= 15 is 0 Å². The van der Waals surface area contributed by atoms with Gasteiger partial charge >= 0.3 is 0 Å². The van der Waals surface area contributed by atoms with Gasteiger partial charge in [0, 0.05) is 20.2 Å². The Bertz CT molecular complexity index is 467. The molecule has 0 aromatic heterocycles. The SMILES string of the molecule is CCC(C(=O)NC1CNC[C@@H]1OC)c1ccc(OC)cc1.Cl. The van der Waals surface area contributed by atoms with Gasteiger partial charge in [-0.15, -0.1) is 12.4 Å². The molecule has 0 saturated carbocycles. The first-order valence-electron chi connectivity index (χ1n) is 7.37. The van der Waals surface area contributed by atoms with Crippen molar-refractivity contribution in [3.8, 4) is 5.75 Å². The van der Waals surface area contributed by atoms with Gasteiger partial charge in [0.15, 0.2) is 0 Å². The molecule has 0 bridgehead atoms. The molecule has 1 amide bonds. The fraction of sp³-hybridized carbons (Fsp3) is 0.562.